The summed E-state index contributed by atoms with van der Waals surface area (Å²) >= 11 is 5.14. The van der Waals surface area contributed by atoms with Crippen LogP contribution in [0, 0.1) is 6.92 Å². The molecule has 2 aromatic rings. The number of ether oxygens (including phenoxy) is 1. The van der Waals surface area contributed by atoms with Crippen molar-refractivity contribution in [3.8, 4) is 11.3 Å². The Morgan fingerprint density at radius 1 is 1.29 bits per heavy atom. The molecule has 2 nitrogen and oxygen atoms in total. The largest absolute Gasteiger partial charge is 0.375 e. The first-order valence-electron chi connectivity index (χ1n) is 5.50. The van der Waals surface area contributed by atoms with E-state index in [1.54, 1.807) is 11.3 Å². The van der Waals surface area contributed by atoms with Gasteiger partial charge < -0.3 is 4.74 Å². The zero-order valence-corrected chi connectivity index (χ0v) is 12.3. The number of aryl methyl sites for hydroxylation is 1. The summed E-state index contributed by atoms with van der Waals surface area (Å²) in [6.07, 6.45) is 0. The van der Waals surface area contributed by atoms with E-state index in [1.165, 1.54) is 4.88 Å². The van der Waals surface area contributed by atoms with Gasteiger partial charge in [-0.2, -0.15) is 0 Å². The van der Waals surface area contributed by atoms with Gasteiger partial charge in [-0.25, -0.2) is 4.98 Å². The minimum Gasteiger partial charge on any atom is -0.375 e. The molecular formula is C13H14BrNOS. The van der Waals surface area contributed by atoms with Crippen molar-refractivity contribution in [2.24, 2.45) is 0 Å². The average Bonchev–Trinajstić information content (AvgIpc) is 2.69. The third kappa shape index (κ3) is 3.15. The Labute approximate surface area is 114 Å². The standard InChI is InChI=1S/C13H14BrNOS/c1-3-16-8-12-15-13(9(2)17-12)10-4-6-11(14)7-5-10/h4-7H,3,8H2,1-2H3. The molecule has 0 atom stereocenters. The second-order valence-corrected chi connectivity index (χ2v) is 5.86. The molecule has 1 aromatic heterocycles. The third-order valence-corrected chi connectivity index (χ3v) is 3.86. The molecule has 1 aromatic carbocycles. The lowest BCUT2D eigenvalue weighted by atomic mass is 10.1. The number of aromatic nitrogens is 1. The molecule has 0 saturated heterocycles. The second-order valence-electron chi connectivity index (χ2n) is 3.66. The molecule has 0 aliphatic rings. The van der Waals surface area contributed by atoms with E-state index in [0.717, 1.165) is 27.3 Å². The summed E-state index contributed by atoms with van der Waals surface area (Å²) in [5.41, 5.74) is 2.22. The highest BCUT2D eigenvalue weighted by atomic mass is 79.9. The number of thiazole rings is 1. The number of nitrogens with zero attached hydrogens (tertiary/aromatic N) is 1. The number of halogens is 1. The SMILES string of the molecule is CCOCc1nc(-c2ccc(Br)cc2)c(C)s1. The maximum Gasteiger partial charge on any atom is 0.119 e. The fraction of sp³-hybridized carbons (Fsp3) is 0.308. The minimum absolute atomic E-state index is 0.610. The van der Waals surface area contributed by atoms with Crippen LogP contribution in [0.2, 0.25) is 0 Å². The van der Waals surface area contributed by atoms with E-state index >= 15 is 0 Å². The lowest BCUT2D eigenvalue weighted by molar-refractivity contribution is 0.134. The molecule has 1 heterocycles. The number of benzene rings is 1. The fourth-order valence-electron chi connectivity index (χ4n) is 1.58. The van der Waals surface area contributed by atoms with E-state index in [0.29, 0.717) is 6.61 Å². The third-order valence-electron chi connectivity index (χ3n) is 2.39. The van der Waals surface area contributed by atoms with Crippen LogP contribution >= 0.6 is 27.3 Å². The summed E-state index contributed by atoms with van der Waals surface area (Å²) in [6, 6.07) is 8.24. The van der Waals surface area contributed by atoms with Crippen molar-refractivity contribution in [2.75, 3.05) is 6.61 Å². The van der Waals surface area contributed by atoms with Crippen LogP contribution in [-0.4, -0.2) is 11.6 Å². The van der Waals surface area contributed by atoms with Crippen LogP contribution < -0.4 is 0 Å². The molecule has 0 fully saturated rings. The van der Waals surface area contributed by atoms with Crippen LogP contribution in [0.4, 0.5) is 0 Å². The fourth-order valence-corrected chi connectivity index (χ4v) is 2.74. The number of hydrogen-bond acceptors (Lipinski definition) is 3. The van der Waals surface area contributed by atoms with Crippen LogP contribution in [0.1, 0.15) is 16.8 Å². The van der Waals surface area contributed by atoms with Crippen LogP contribution in [-0.2, 0) is 11.3 Å². The molecule has 0 aliphatic carbocycles. The van der Waals surface area contributed by atoms with Crippen LogP contribution in [0.15, 0.2) is 28.7 Å². The highest BCUT2D eigenvalue weighted by Crippen LogP contribution is 2.28. The molecule has 90 valence electrons. The van der Waals surface area contributed by atoms with Crippen molar-refractivity contribution in [3.05, 3.63) is 38.6 Å². The number of hydrogen-bond donors (Lipinski definition) is 0. The predicted molar refractivity (Wildman–Crippen MR) is 75.3 cm³/mol. The smallest absolute Gasteiger partial charge is 0.119 e. The normalized spacial score (nSPS) is 10.8. The molecule has 0 spiro atoms. The molecule has 0 N–H and O–H groups in total. The van der Waals surface area contributed by atoms with Crippen LogP contribution in [0.25, 0.3) is 11.3 Å². The topological polar surface area (TPSA) is 22.1 Å². The quantitative estimate of drug-likeness (QED) is 0.834. The zero-order valence-electron chi connectivity index (χ0n) is 9.87. The Morgan fingerprint density at radius 2 is 2.00 bits per heavy atom. The summed E-state index contributed by atoms with van der Waals surface area (Å²) in [5, 5.41) is 1.04. The lowest BCUT2D eigenvalue weighted by Gasteiger charge is -1.98. The van der Waals surface area contributed by atoms with Gasteiger partial charge in [0, 0.05) is 21.5 Å². The van der Waals surface area contributed by atoms with Gasteiger partial charge in [0.25, 0.3) is 0 Å². The maximum absolute atomic E-state index is 5.38. The van der Waals surface area contributed by atoms with Gasteiger partial charge in [-0.1, -0.05) is 28.1 Å². The Kier molecular flexibility index (Phi) is 4.31. The van der Waals surface area contributed by atoms with Gasteiger partial charge in [0.05, 0.1) is 12.3 Å². The Bertz CT molecular complexity index is 493. The van der Waals surface area contributed by atoms with Crippen molar-refractivity contribution in [1.82, 2.24) is 4.98 Å². The van der Waals surface area contributed by atoms with Crippen LogP contribution in [0.5, 0.6) is 0 Å². The van der Waals surface area contributed by atoms with E-state index in [1.807, 2.05) is 19.1 Å². The Hall–Kier alpha value is -0.710. The first-order valence-corrected chi connectivity index (χ1v) is 7.11. The molecule has 17 heavy (non-hydrogen) atoms. The lowest BCUT2D eigenvalue weighted by Crippen LogP contribution is -1.90. The van der Waals surface area contributed by atoms with E-state index in [4.69, 9.17) is 4.74 Å². The summed E-state index contributed by atoms with van der Waals surface area (Å²) < 4.78 is 6.47. The van der Waals surface area contributed by atoms with E-state index in [2.05, 4.69) is 40.0 Å². The summed E-state index contributed by atoms with van der Waals surface area (Å²) in [7, 11) is 0. The first-order chi connectivity index (χ1) is 8.20. The van der Waals surface area contributed by atoms with Crippen molar-refractivity contribution in [2.45, 2.75) is 20.5 Å². The molecule has 0 radical (unpaired) electrons. The molecule has 4 heteroatoms. The van der Waals surface area contributed by atoms with Gasteiger partial charge >= 0.3 is 0 Å². The van der Waals surface area contributed by atoms with Gasteiger partial charge in [-0.05, 0) is 26.0 Å². The monoisotopic (exact) mass is 311 g/mol. The van der Waals surface area contributed by atoms with Crippen molar-refractivity contribution >= 4 is 27.3 Å². The summed E-state index contributed by atoms with van der Waals surface area (Å²) in [4.78, 5) is 5.86. The predicted octanol–water partition coefficient (Wildman–Crippen LogP) is 4.42. The van der Waals surface area contributed by atoms with Gasteiger partial charge in [-0.3, -0.25) is 0 Å². The average molecular weight is 312 g/mol. The molecule has 0 unspecified atom stereocenters. The summed E-state index contributed by atoms with van der Waals surface area (Å²) in [6.45, 7) is 5.44. The summed E-state index contributed by atoms with van der Waals surface area (Å²) in [5.74, 6) is 0. The van der Waals surface area contributed by atoms with Gasteiger partial charge in [0.15, 0.2) is 0 Å². The van der Waals surface area contributed by atoms with Crippen molar-refractivity contribution in [3.63, 3.8) is 0 Å². The second kappa shape index (κ2) is 5.76. The van der Waals surface area contributed by atoms with Gasteiger partial charge in [0.1, 0.15) is 5.01 Å². The zero-order chi connectivity index (χ0) is 12.3. The number of rotatable bonds is 4. The maximum atomic E-state index is 5.38. The van der Waals surface area contributed by atoms with E-state index in [-0.39, 0.29) is 0 Å². The van der Waals surface area contributed by atoms with E-state index in [9.17, 15) is 0 Å². The molecule has 0 saturated carbocycles. The Morgan fingerprint density at radius 3 is 2.65 bits per heavy atom. The minimum atomic E-state index is 0.610. The van der Waals surface area contributed by atoms with Crippen molar-refractivity contribution < 1.29 is 4.74 Å². The Balaban J connectivity index is 2.26. The first kappa shape index (κ1) is 12.7. The van der Waals surface area contributed by atoms with Crippen LogP contribution in [0.3, 0.4) is 0 Å². The van der Waals surface area contributed by atoms with Gasteiger partial charge in [0.2, 0.25) is 0 Å². The van der Waals surface area contributed by atoms with Gasteiger partial charge in [-0.15, -0.1) is 11.3 Å². The highest BCUT2D eigenvalue weighted by molar-refractivity contribution is 9.10. The van der Waals surface area contributed by atoms with E-state index < -0.39 is 0 Å². The molecule has 0 bridgehead atoms. The highest BCUT2D eigenvalue weighted by Gasteiger charge is 2.09. The van der Waals surface area contributed by atoms with Crippen molar-refractivity contribution in [1.29, 1.82) is 0 Å². The molecule has 0 aliphatic heterocycles. The molecular weight excluding hydrogens is 298 g/mol. The molecule has 0 amide bonds. The molecule has 2 rings (SSSR count).